The average molecular weight is 286 g/mol. The van der Waals surface area contributed by atoms with E-state index in [1.807, 2.05) is 25.1 Å². The Morgan fingerprint density at radius 1 is 1.43 bits per heavy atom. The van der Waals surface area contributed by atoms with Crippen molar-refractivity contribution in [1.29, 1.82) is 0 Å². The number of aromatic nitrogens is 1. The van der Waals surface area contributed by atoms with E-state index in [-0.39, 0.29) is 5.56 Å². The maximum atomic E-state index is 12.5. The molecule has 0 aliphatic carbocycles. The number of nitrogens with zero attached hydrogens (tertiary/aromatic N) is 1. The van der Waals surface area contributed by atoms with Crippen molar-refractivity contribution in [3.8, 4) is 0 Å². The number of benzene rings is 1. The highest BCUT2D eigenvalue weighted by Gasteiger charge is 2.09. The average Bonchev–Trinajstić information content (AvgIpc) is 2.42. The molecule has 2 rings (SSSR count). The zero-order valence-electron chi connectivity index (χ0n) is 12.6. The number of rotatable bonds is 6. The van der Waals surface area contributed by atoms with Gasteiger partial charge >= 0.3 is 0 Å². The summed E-state index contributed by atoms with van der Waals surface area (Å²) in [5.41, 5.74) is 2.78. The number of fused-ring (bicyclic) bond motifs is 1. The molecule has 0 bridgehead atoms. The zero-order valence-corrected chi connectivity index (χ0v) is 12.6. The molecule has 0 saturated heterocycles. The summed E-state index contributed by atoms with van der Waals surface area (Å²) >= 11 is 0. The summed E-state index contributed by atoms with van der Waals surface area (Å²) in [4.78, 5) is 12.5. The highest BCUT2D eigenvalue weighted by molar-refractivity contribution is 5.80. The standard InChI is InChI=1S/C17H22N2O2/c1-4-7-19-16-6-5-12(2)8-14(16)9-15(17(19)21)11-18-10-13(3)20/h4-6,8-9,13,18,20H,1,7,10-11H2,2-3H3/t13-/m1/s1. The topological polar surface area (TPSA) is 54.3 Å². The Bertz CT molecular complexity index is 702. The Morgan fingerprint density at radius 2 is 2.19 bits per heavy atom. The van der Waals surface area contributed by atoms with Gasteiger partial charge in [0.15, 0.2) is 0 Å². The number of hydrogen-bond acceptors (Lipinski definition) is 3. The summed E-state index contributed by atoms with van der Waals surface area (Å²) in [6.07, 6.45) is 1.30. The fourth-order valence-corrected chi connectivity index (χ4v) is 2.42. The zero-order chi connectivity index (χ0) is 15.4. The van der Waals surface area contributed by atoms with E-state index in [0.717, 1.165) is 16.5 Å². The second kappa shape index (κ2) is 6.70. The third-order valence-electron chi connectivity index (χ3n) is 3.39. The largest absolute Gasteiger partial charge is 0.392 e. The number of aliphatic hydroxyl groups excluding tert-OH is 1. The minimum atomic E-state index is -0.428. The molecule has 0 amide bonds. The number of allylic oxidation sites excluding steroid dienone is 1. The SMILES string of the molecule is C=CCn1c(=O)c(CNC[C@@H](C)O)cc2cc(C)ccc21. The molecule has 1 atom stereocenters. The van der Waals surface area contributed by atoms with E-state index < -0.39 is 6.10 Å². The van der Waals surface area contributed by atoms with Gasteiger partial charge in [-0.3, -0.25) is 4.79 Å². The first kappa shape index (κ1) is 15.5. The van der Waals surface area contributed by atoms with Crippen LogP contribution in [0.2, 0.25) is 0 Å². The number of hydrogen-bond donors (Lipinski definition) is 2. The van der Waals surface area contributed by atoms with Crippen LogP contribution in [0.15, 0.2) is 41.7 Å². The highest BCUT2D eigenvalue weighted by Crippen LogP contribution is 2.16. The van der Waals surface area contributed by atoms with E-state index in [1.54, 1.807) is 17.6 Å². The lowest BCUT2D eigenvalue weighted by atomic mass is 10.1. The summed E-state index contributed by atoms with van der Waals surface area (Å²) in [6.45, 7) is 8.88. The fourth-order valence-electron chi connectivity index (χ4n) is 2.42. The van der Waals surface area contributed by atoms with E-state index >= 15 is 0 Å². The maximum Gasteiger partial charge on any atom is 0.255 e. The summed E-state index contributed by atoms with van der Waals surface area (Å²) < 4.78 is 1.74. The summed E-state index contributed by atoms with van der Waals surface area (Å²) in [5, 5.41) is 13.4. The van der Waals surface area contributed by atoms with Crippen LogP contribution in [0.5, 0.6) is 0 Å². The number of pyridine rings is 1. The normalized spacial score (nSPS) is 12.5. The molecule has 0 unspecified atom stereocenters. The summed E-state index contributed by atoms with van der Waals surface area (Å²) in [5.74, 6) is 0. The third kappa shape index (κ3) is 3.60. The van der Waals surface area contributed by atoms with Gasteiger partial charge in [-0.15, -0.1) is 6.58 Å². The van der Waals surface area contributed by atoms with E-state index in [1.165, 1.54) is 0 Å². The Hall–Kier alpha value is -1.91. The second-order valence-electron chi connectivity index (χ2n) is 5.42. The molecule has 0 aliphatic rings. The summed E-state index contributed by atoms with van der Waals surface area (Å²) in [6, 6.07) is 7.99. The van der Waals surface area contributed by atoms with Crippen LogP contribution >= 0.6 is 0 Å². The number of nitrogens with one attached hydrogen (secondary N) is 1. The van der Waals surface area contributed by atoms with Gasteiger partial charge in [-0.25, -0.2) is 0 Å². The molecule has 0 spiro atoms. The maximum absolute atomic E-state index is 12.5. The van der Waals surface area contributed by atoms with Crippen LogP contribution in [0.4, 0.5) is 0 Å². The van der Waals surface area contributed by atoms with Crippen LogP contribution in [-0.4, -0.2) is 22.3 Å². The molecule has 0 radical (unpaired) electrons. The van der Waals surface area contributed by atoms with Gasteiger partial charge in [-0.2, -0.15) is 0 Å². The molecule has 1 aromatic carbocycles. The molecule has 0 saturated carbocycles. The first-order valence-corrected chi connectivity index (χ1v) is 7.15. The van der Waals surface area contributed by atoms with Gasteiger partial charge in [0.2, 0.25) is 0 Å². The molecule has 1 aromatic heterocycles. The first-order valence-electron chi connectivity index (χ1n) is 7.15. The van der Waals surface area contributed by atoms with Gasteiger partial charge in [0.1, 0.15) is 0 Å². The lowest BCUT2D eigenvalue weighted by Crippen LogP contribution is -2.30. The fraction of sp³-hybridized carbons (Fsp3) is 0.353. The van der Waals surface area contributed by atoms with Crippen molar-refractivity contribution in [2.24, 2.45) is 0 Å². The van der Waals surface area contributed by atoms with Crippen molar-refractivity contribution in [3.05, 3.63) is 58.4 Å². The molecule has 0 fully saturated rings. The van der Waals surface area contributed by atoms with Crippen LogP contribution in [0, 0.1) is 6.92 Å². The second-order valence-corrected chi connectivity index (χ2v) is 5.42. The molecule has 4 nitrogen and oxygen atoms in total. The predicted octanol–water partition coefficient (Wildman–Crippen LogP) is 1.97. The van der Waals surface area contributed by atoms with Gasteiger partial charge in [0, 0.05) is 25.2 Å². The molecule has 4 heteroatoms. The number of aliphatic hydroxyl groups is 1. The minimum absolute atomic E-state index is 0.00986. The Labute approximate surface area is 124 Å². The van der Waals surface area contributed by atoms with Crippen molar-refractivity contribution < 1.29 is 5.11 Å². The van der Waals surface area contributed by atoms with E-state index in [4.69, 9.17) is 0 Å². The molecule has 0 aliphatic heterocycles. The highest BCUT2D eigenvalue weighted by atomic mass is 16.3. The molecular weight excluding hydrogens is 264 g/mol. The smallest absolute Gasteiger partial charge is 0.255 e. The van der Waals surface area contributed by atoms with Gasteiger partial charge in [-0.1, -0.05) is 17.7 Å². The number of aryl methyl sites for hydroxylation is 1. The molecule has 112 valence electrons. The van der Waals surface area contributed by atoms with Crippen molar-refractivity contribution in [1.82, 2.24) is 9.88 Å². The lowest BCUT2D eigenvalue weighted by molar-refractivity contribution is 0.191. The van der Waals surface area contributed by atoms with E-state index in [2.05, 4.69) is 18.0 Å². The van der Waals surface area contributed by atoms with Crippen molar-refractivity contribution >= 4 is 10.9 Å². The molecule has 2 N–H and O–H groups in total. The van der Waals surface area contributed by atoms with Crippen molar-refractivity contribution in [2.75, 3.05) is 6.54 Å². The Morgan fingerprint density at radius 3 is 2.86 bits per heavy atom. The first-order chi connectivity index (χ1) is 10.0. The van der Waals surface area contributed by atoms with E-state index in [9.17, 15) is 9.90 Å². The Balaban J connectivity index is 2.47. The van der Waals surface area contributed by atoms with Crippen LogP contribution in [0.1, 0.15) is 18.1 Å². The van der Waals surface area contributed by atoms with Crippen molar-refractivity contribution in [3.63, 3.8) is 0 Å². The quantitative estimate of drug-likeness (QED) is 0.798. The van der Waals surface area contributed by atoms with Crippen LogP contribution in [-0.2, 0) is 13.1 Å². The minimum Gasteiger partial charge on any atom is -0.392 e. The van der Waals surface area contributed by atoms with Crippen molar-refractivity contribution in [2.45, 2.75) is 33.0 Å². The van der Waals surface area contributed by atoms with Gasteiger partial charge in [0.25, 0.3) is 5.56 Å². The molecular formula is C17H22N2O2. The summed E-state index contributed by atoms with van der Waals surface area (Å²) in [7, 11) is 0. The predicted molar refractivity (Wildman–Crippen MR) is 86.5 cm³/mol. The van der Waals surface area contributed by atoms with Gasteiger partial charge < -0.3 is 15.0 Å². The van der Waals surface area contributed by atoms with Crippen LogP contribution < -0.4 is 10.9 Å². The monoisotopic (exact) mass is 286 g/mol. The van der Waals surface area contributed by atoms with E-state index in [0.29, 0.717) is 25.2 Å². The third-order valence-corrected chi connectivity index (χ3v) is 3.39. The lowest BCUT2D eigenvalue weighted by Gasteiger charge is -2.13. The molecule has 21 heavy (non-hydrogen) atoms. The van der Waals surface area contributed by atoms with Crippen LogP contribution in [0.3, 0.4) is 0 Å². The van der Waals surface area contributed by atoms with Gasteiger partial charge in [0.05, 0.1) is 11.6 Å². The van der Waals surface area contributed by atoms with Crippen LogP contribution in [0.25, 0.3) is 10.9 Å². The van der Waals surface area contributed by atoms with Gasteiger partial charge in [-0.05, 0) is 37.4 Å². The Kier molecular flexibility index (Phi) is 4.94. The molecule has 1 heterocycles. The molecule has 2 aromatic rings.